The number of ether oxygens (including phenoxy) is 1. The van der Waals surface area contributed by atoms with E-state index < -0.39 is 51.1 Å². The quantitative estimate of drug-likeness (QED) is 0.478. The second kappa shape index (κ2) is 12.2. The summed E-state index contributed by atoms with van der Waals surface area (Å²) < 4.78 is 30.7. The fourth-order valence-corrected chi connectivity index (χ4v) is 5.79. The number of nitrogens with zero attached hydrogens (tertiary/aromatic N) is 1. The van der Waals surface area contributed by atoms with Crippen molar-refractivity contribution < 1.29 is 27.9 Å². The van der Waals surface area contributed by atoms with Crippen molar-refractivity contribution in [1.29, 1.82) is 0 Å². The Labute approximate surface area is 228 Å². The molecule has 1 N–H and O–H groups in total. The molecule has 0 aromatic heterocycles. The molecule has 202 valence electrons. The number of halogens is 2. The number of carboxylic acids is 1. The van der Waals surface area contributed by atoms with Gasteiger partial charge in [0.2, 0.25) is 0 Å². The molecule has 0 radical (unpaired) electrons. The molecule has 10 heteroatoms. The zero-order valence-corrected chi connectivity index (χ0v) is 23.5. The van der Waals surface area contributed by atoms with Gasteiger partial charge in [-0.25, -0.2) is 8.42 Å². The third-order valence-electron chi connectivity index (χ3n) is 6.52. The molecule has 2 aromatic rings. The minimum Gasteiger partial charge on any atom is -0.481 e. The van der Waals surface area contributed by atoms with Crippen LogP contribution in [0.4, 0.5) is 0 Å². The maximum atomic E-state index is 13.3. The zero-order chi connectivity index (χ0) is 27.4. The van der Waals surface area contributed by atoms with E-state index in [1.54, 1.807) is 49.9 Å². The predicted octanol–water partition coefficient (Wildman–Crippen LogP) is 5.42. The van der Waals surface area contributed by atoms with Crippen molar-refractivity contribution in [3.05, 3.63) is 70.2 Å². The molecular formula is C27H33Cl2NO6S. The van der Waals surface area contributed by atoms with Crippen LogP contribution in [-0.4, -0.2) is 59.6 Å². The van der Waals surface area contributed by atoms with Crippen LogP contribution in [0.15, 0.2) is 54.6 Å². The Balaban J connectivity index is 0.000000468. The molecule has 1 aliphatic carbocycles. The second-order valence-corrected chi connectivity index (χ2v) is 14.0. The molecule has 7 nitrogen and oxygen atoms in total. The molecule has 2 aromatic carbocycles. The lowest BCUT2D eigenvalue weighted by molar-refractivity contribution is -0.169. The Hall–Kier alpha value is -2.13. The zero-order valence-electron chi connectivity index (χ0n) is 21.1. The highest BCUT2D eigenvalue weighted by Crippen LogP contribution is 2.42. The summed E-state index contributed by atoms with van der Waals surface area (Å²) in [7, 11) is -3.50. The van der Waals surface area contributed by atoms with Crippen LogP contribution >= 0.6 is 23.2 Å². The number of carbonyl (C=O) groups is 2. The van der Waals surface area contributed by atoms with Crippen LogP contribution in [0.1, 0.15) is 51.6 Å². The highest BCUT2D eigenvalue weighted by molar-refractivity contribution is 7.92. The lowest BCUT2D eigenvalue weighted by Crippen LogP contribution is -2.57. The second-order valence-electron chi connectivity index (χ2n) is 10.3. The Morgan fingerprint density at radius 1 is 1.05 bits per heavy atom. The first-order valence-electron chi connectivity index (χ1n) is 12.1. The lowest BCUT2D eigenvalue weighted by atomic mass is 9.98. The fourth-order valence-electron chi connectivity index (χ4n) is 4.13. The van der Waals surface area contributed by atoms with E-state index in [1.165, 1.54) is 0 Å². The molecule has 37 heavy (non-hydrogen) atoms. The van der Waals surface area contributed by atoms with Crippen molar-refractivity contribution in [3.8, 4) is 0 Å². The molecule has 1 amide bonds. The molecule has 1 aliphatic heterocycles. The van der Waals surface area contributed by atoms with E-state index in [0.717, 1.165) is 23.4 Å². The predicted molar refractivity (Wildman–Crippen MR) is 145 cm³/mol. The summed E-state index contributed by atoms with van der Waals surface area (Å²) >= 11 is 11.5. The molecule has 2 aliphatic rings. The summed E-state index contributed by atoms with van der Waals surface area (Å²) in [6.07, 6.45) is 0.105. The van der Waals surface area contributed by atoms with Crippen LogP contribution < -0.4 is 0 Å². The first kappa shape index (κ1) is 29.4. The molecule has 1 heterocycles. The van der Waals surface area contributed by atoms with Gasteiger partial charge in [0.15, 0.2) is 9.84 Å². The summed E-state index contributed by atoms with van der Waals surface area (Å²) in [6, 6.07) is 15.4. The summed E-state index contributed by atoms with van der Waals surface area (Å²) in [5.74, 6) is -1.69. The number of hydrogen-bond acceptors (Lipinski definition) is 5. The van der Waals surface area contributed by atoms with Crippen molar-refractivity contribution in [2.75, 3.05) is 12.4 Å². The molecule has 0 bridgehead atoms. The summed E-state index contributed by atoms with van der Waals surface area (Å²) in [5, 5.41) is 10.5. The van der Waals surface area contributed by atoms with Gasteiger partial charge in [-0.1, -0.05) is 53.5 Å². The van der Waals surface area contributed by atoms with Gasteiger partial charge in [0, 0.05) is 16.1 Å². The number of rotatable bonds is 7. The van der Waals surface area contributed by atoms with Crippen LogP contribution in [0.5, 0.6) is 0 Å². The smallest absolute Gasteiger partial charge is 0.306 e. The lowest BCUT2D eigenvalue weighted by Gasteiger charge is -2.44. The largest absolute Gasteiger partial charge is 0.481 e. The molecule has 3 unspecified atom stereocenters. The van der Waals surface area contributed by atoms with Crippen molar-refractivity contribution in [3.63, 3.8) is 0 Å². The van der Waals surface area contributed by atoms with Crippen molar-refractivity contribution in [2.45, 2.75) is 63.0 Å². The monoisotopic (exact) mass is 569 g/mol. The van der Waals surface area contributed by atoms with Gasteiger partial charge >= 0.3 is 5.97 Å². The van der Waals surface area contributed by atoms with E-state index >= 15 is 0 Å². The summed E-state index contributed by atoms with van der Waals surface area (Å²) in [5.41, 5.74) is 0.778. The van der Waals surface area contributed by atoms with Gasteiger partial charge in [-0.3, -0.25) is 9.59 Å². The maximum Gasteiger partial charge on any atom is 0.306 e. The van der Waals surface area contributed by atoms with Gasteiger partial charge in [0.05, 0.1) is 29.6 Å². The number of hydrogen-bond donors (Lipinski definition) is 1. The van der Waals surface area contributed by atoms with Crippen molar-refractivity contribution in [2.24, 2.45) is 5.92 Å². The Kier molecular flexibility index (Phi) is 9.67. The highest BCUT2D eigenvalue weighted by atomic mass is 35.5. The minimum absolute atomic E-state index is 0.0736. The van der Waals surface area contributed by atoms with Crippen LogP contribution in [0, 0.1) is 5.92 Å². The molecule has 1 saturated carbocycles. The number of morpholine rings is 1. The van der Waals surface area contributed by atoms with E-state index in [1.807, 2.05) is 30.3 Å². The molecular weight excluding hydrogens is 537 g/mol. The Morgan fingerprint density at radius 2 is 1.62 bits per heavy atom. The number of sulfone groups is 1. The van der Waals surface area contributed by atoms with Gasteiger partial charge in [-0.05, 0) is 69.4 Å². The molecule has 1 saturated heterocycles. The maximum absolute atomic E-state index is 13.3. The molecule has 4 rings (SSSR count). The number of carbonyl (C=O) groups excluding carboxylic acids is 1. The van der Waals surface area contributed by atoms with Crippen LogP contribution in [0.25, 0.3) is 0 Å². The molecule has 2 fully saturated rings. The van der Waals surface area contributed by atoms with E-state index in [4.69, 9.17) is 27.9 Å². The first-order chi connectivity index (χ1) is 17.3. The number of amides is 1. The highest BCUT2D eigenvalue weighted by Gasteiger charge is 2.48. The minimum atomic E-state index is -3.50. The van der Waals surface area contributed by atoms with Crippen LogP contribution in [0.3, 0.4) is 0 Å². The average Bonchev–Trinajstić information content (AvgIpc) is 3.65. The molecule has 3 atom stereocenters. The van der Waals surface area contributed by atoms with E-state index in [9.17, 15) is 23.1 Å². The molecule has 0 spiro atoms. The third kappa shape index (κ3) is 7.93. The fraction of sp³-hybridized carbons (Fsp3) is 0.481. The summed E-state index contributed by atoms with van der Waals surface area (Å²) in [6.45, 7) is 5.05. The Bertz CT molecular complexity index is 1180. The van der Waals surface area contributed by atoms with E-state index in [2.05, 4.69) is 0 Å². The standard InChI is InChI=1S/C21H28ClNO6S.C6H5Cl/c1-21(2,3)30(27,28)12-17(14-4-5-14)23-16(13-6-8-15(22)9-7-13)11-29-18(20(23)26)10-19(24)25;7-6-4-2-1-3-5-6/h6-9,14,16-18H,4-5,10-12H2,1-3H3,(H,24,25);1-5H. The van der Waals surface area contributed by atoms with Crippen molar-refractivity contribution >= 4 is 44.9 Å². The van der Waals surface area contributed by atoms with Crippen LogP contribution in [0.2, 0.25) is 10.0 Å². The number of benzene rings is 2. The van der Waals surface area contributed by atoms with Gasteiger partial charge in [0.25, 0.3) is 5.91 Å². The average molecular weight is 571 g/mol. The van der Waals surface area contributed by atoms with E-state index in [-0.39, 0.29) is 18.3 Å². The van der Waals surface area contributed by atoms with Crippen LogP contribution in [-0.2, 0) is 24.2 Å². The summed E-state index contributed by atoms with van der Waals surface area (Å²) in [4.78, 5) is 26.1. The topological polar surface area (TPSA) is 101 Å². The third-order valence-corrected chi connectivity index (χ3v) is 9.67. The Morgan fingerprint density at radius 3 is 2.08 bits per heavy atom. The van der Waals surface area contributed by atoms with Crippen molar-refractivity contribution in [1.82, 2.24) is 4.90 Å². The van der Waals surface area contributed by atoms with Gasteiger partial charge in [-0.15, -0.1) is 0 Å². The first-order valence-corrected chi connectivity index (χ1v) is 14.5. The van der Waals surface area contributed by atoms with E-state index in [0.29, 0.717) is 5.02 Å². The van der Waals surface area contributed by atoms with Gasteiger partial charge in [-0.2, -0.15) is 0 Å². The van der Waals surface area contributed by atoms with Gasteiger partial charge < -0.3 is 14.7 Å². The number of aliphatic carboxylic acids is 1. The normalized spacial score (nSPS) is 21.1. The van der Waals surface area contributed by atoms with Gasteiger partial charge in [0.1, 0.15) is 6.10 Å². The number of carboxylic acid groups (broad SMARTS) is 1. The SMILES string of the molecule is CC(C)(C)S(=O)(=O)CC(C1CC1)N1C(=O)C(CC(=O)O)OCC1c1ccc(Cl)cc1.Clc1ccccc1.